The van der Waals surface area contributed by atoms with Gasteiger partial charge in [-0.05, 0) is 38.8 Å². The quantitative estimate of drug-likeness (QED) is 0.821. The lowest BCUT2D eigenvalue weighted by Gasteiger charge is -2.30. The molecule has 2 aromatic heterocycles. The van der Waals surface area contributed by atoms with Crippen molar-refractivity contribution in [3.8, 4) is 0 Å². The number of hydrogen-bond donors (Lipinski definition) is 2. The highest BCUT2D eigenvalue weighted by Gasteiger charge is 2.33. The van der Waals surface area contributed by atoms with Gasteiger partial charge in [-0.15, -0.1) is 0 Å². The van der Waals surface area contributed by atoms with Crippen LogP contribution in [0.4, 0.5) is 5.69 Å². The molecule has 7 heteroatoms. The van der Waals surface area contributed by atoms with Gasteiger partial charge in [-0.1, -0.05) is 12.8 Å². The van der Waals surface area contributed by atoms with Gasteiger partial charge >= 0.3 is 11.8 Å². The average Bonchev–Trinajstić information content (AvgIpc) is 2.81. The fourth-order valence-electron chi connectivity index (χ4n) is 3.45. The number of nitrogens with zero attached hydrogens (tertiary/aromatic N) is 3. The number of carbonyl (C=O) groups is 2. The topological polar surface area (TPSA) is 91.0 Å². The zero-order chi connectivity index (χ0) is 17.8. The summed E-state index contributed by atoms with van der Waals surface area (Å²) in [6.45, 7) is 4.47. The van der Waals surface area contributed by atoms with Crippen molar-refractivity contribution in [3.63, 3.8) is 0 Å². The van der Waals surface area contributed by atoms with Gasteiger partial charge in [0.2, 0.25) is 0 Å². The predicted octanol–water partition coefficient (Wildman–Crippen LogP) is 2.50. The van der Waals surface area contributed by atoms with Crippen molar-refractivity contribution >= 4 is 17.5 Å². The van der Waals surface area contributed by atoms with Crippen LogP contribution < -0.4 is 5.32 Å². The molecule has 0 aliphatic carbocycles. The van der Waals surface area contributed by atoms with E-state index in [2.05, 4.69) is 20.5 Å². The number of rotatable bonds is 2. The number of aryl methyl sites for hydroxylation is 2. The molecule has 7 nitrogen and oxygen atoms in total. The number of H-pyrrole nitrogens is 1. The highest BCUT2D eigenvalue weighted by molar-refractivity contribution is 6.39. The summed E-state index contributed by atoms with van der Waals surface area (Å²) in [5.41, 5.74) is 3.39. The van der Waals surface area contributed by atoms with E-state index in [1.54, 1.807) is 23.2 Å². The van der Waals surface area contributed by atoms with Crippen molar-refractivity contribution in [2.45, 2.75) is 45.6 Å². The Hall–Kier alpha value is -2.70. The lowest BCUT2D eigenvalue weighted by molar-refractivity contribution is -0.144. The Kier molecular flexibility index (Phi) is 5.11. The lowest BCUT2D eigenvalue weighted by Crippen LogP contribution is -2.42. The fraction of sp³-hybridized carbons (Fsp3) is 0.444. The first-order chi connectivity index (χ1) is 12.1. The Morgan fingerprint density at radius 2 is 2.12 bits per heavy atom. The van der Waals surface area contributed by atoms with Gasteiger partial charge in [-0.3, -0.25) is 19.7 Å². The third-order valence-corrected chi connectivity index (χ3v) is 4.65. The van der Waals surface area contributed by atoms with Gasteiger partial charge in [0, 0.05) is 24.0 Å². The summed E-state index contributed by atoms with van der Waals surface area (Å²) in [5.74, 6) is -1.13. The molecule has 1 aliphatic rings. The molecule has 132 valence electrons. The highest BCUT2D eigenvalue weighted by Crippen LogP contribution is 2.33. The van der Waals surface area contributed by atoms with E-state index in [0.29, 0.717) is 12.2 Å². The van der Waals surface area contributed by atoms with Gasteiger partial charge in [0.05, 0.1) is 23.6 Å². The number of hydrogen-bond acceptors (Lipinski definition) is 4. The molecule has 2 aromatic rings. The molecule has 25 heavy (non-hydrogen) atoms. The van der Waals surface area contributed by atoms with Crippen LogP contribution in [0.2, 0.25) is 0 Å². The van der Waals surface area contributed by atoms with Crippen LogP contribution in [0.3, 0.4) is 0 Å². The van der Waals surface area contributed by atoms with Gasteiger partial charge in [0.25, 0.3) is 0 Å². The third kappa shape index (κ3) is 3.70. The number of nitrogens with one attached hydrogen (secondary N) is 2. The summed E-state index contributed by atoms with van der Waals surface area (Å²) in [7, 11) is 0. The van der Waals surface area contributed by atoms with Gasteiger partial charge in [-0.2, -0.15) is 5.10 Å². The van der Waals surface area contributed by atoms with E-state index >= 15 is 0 Å². The predicted molar refractivity (Wildman–Crippen MR) is 93.9 cm³/mol. The third-order valence-electron chi connectivity index (χ3n) is 4.65. The average molecular weight is 341 g/mol. The zero-order valence-electron chi connectivity index (χ0n) is 14.6. The molecule has 0 spiro atoms. The Morgan fingerprint density at radius 1 is 1.28 bits per heavy atom. The van der Waals surface area contributed by atoms with Crippen LogP contribution in [0, 0.1) is 13.8 Å². The maximum absolute atomic E-state index is 12.8. The summed E-state index contributed by atoms with van der Waals surface area (Å²) in [6.07, 6.45) is 6.97. The number of aromatic nitrogens is 3. The smallest absolute Gasteiger partial charge is 0.313 e. The van der Waals surface area contributed by atoms with Gasteiger partial charge < -0.3 is 10.2 Å². The molecule has 2 N–H and O–H groups in total. The molecule has 0 aromatic carbocycles. The molecule has 1 fully saturated rings. The molecule has 3 rings (SSSR count). The molecule has 0 radical (unpaired) electrons. The van der Waals surface area contributed by atoms with Crippen LogP contribution in [0.1, 0.15) is 48.7 Å². The van der Waals surface area contributed by atoms with Gasteiger partial charge in [0.1, 0.15) is 0 Å². The number of anilines is 1. The molecular formula is C18H23N5O2. The van der Waals surface area contributed by atoms with Crippen molar-refractivity contribution in [2.75, 3.05) is 11.9 Å². The summed E-state index contributed by atoms with van der Waals surface area (Å²) < 4.78 is 0. The molecule has 2 amide bonds. The SMILES string of the molecule is Cc1n[nH]c(C)c1[C@@H]1CCCCCN1C(=O)C(=O)Nc1cccnc1. The Bertz CT molecular complexity index is 737. The minimum absolute atomic E-state index is 0.117. The minimum atomic E-state index is -0.626. The van der Waals surface area contributed by atoms with Crippen molar-refractivity contribution < 1.29 is 9.59 Å². The van der Waals surface area contributed by atoms with Crippen LogP contribution in [-0.2, 0) is 9.59 Å². The zero-order valence-corrected chi connectivity index (χ0v) is 14.6. The molecular weight excluding hydrogens is 318 g/mol. The fourth-order valence-corrected chi connectivity index (χ4v) is 3.45. The Labute approximate surface area is 146 Å². The monoisotopic (exact) mass is 341 g/mol. The van der Waals surface area contributed by atoms with Crippen LogP contribution in [0.15, 0.2) is 24.5 Å². The summed E-state index contributed by atoms with van der Waals surface area (Å²) in [6, 6.07) is 3.31. The van der Waals surface area contributed by atoms with Gasteiger partial charge in [-0.25, -0.2) is 0 Å². The highest BCUT2D eigenvalue weighted by atomic mass is 16.2. The van der Waals surface area contributed by atoms with E-state index in [-0.39, 0.29) is 6.04 Å². The molecule has 0 bridgehead atoms. The summed E-state index contributed by atoms with van der Waals surface area (Å²) in [4.78, 5) is 31.0. The second-order valence-electron chi connectivity index (χ2n) is 6.41. The Morgan fingerprint density at radius 3 is 2.80 bits per heavy atom. The number of pyridine rings is 1. The van der Waals surface area contributed by atoms with Crippen LogP contribution >= 0.6 is 0 Å². The largest absolute Gasteiger partial charge is 0.327 e. The first kappa shape index (κ1) is 17.1. The maximum atomic E-state index is 12.8. The summed E-state index contributed by atoms with van der Waals surface area (Å²) in [5, 5.41) is 9.88. The maximum Gasteiger partial charge on any atom is 0.313 e. The second kappa shape index (κ2) is 7.46. The summed E-state index contributed by atoms with van der Waals surface area (Å²) >= 11 is 0. The van der Waals surface area contributed by atoms with E-state index in [1.807, 2.05) is 13.8 Å². The number of likely N-dealkylation sites (tertiary alicyclic amines) is 1. The van der Waals surface area contributed by atoms with Crippen LogP contribution in [0.25, 0.3) is 0 Å². The van der Waals surface area contributed by atoms with Crippen molar-refractivity contribution in [1.82, 2.24) is 20.1 Å². The second-order valence-corrected chi connectivity index (χ2v) is 6.41. The lowest BCUT2D eigenvalue weighted by atomic mass is 9.99. The molecule has 0 saturated carbocycles. The van der Waals surface area contributed by atoms with E-state index in [9.17, 15) is 9.59 Å². The molecule has 1 saturated heterocycles. The van der Waals surface area contributed by atoms with Crippen molar-refractivity contribution in [2.24, 2.45) is 0 Å². The molecule has 0 unspecified atom stereocenters. The van der Waals surface area contributed by atoms with Crippen LogP contribution in [-0.4, -0.2) is 38.4 Å². The molecule has 3 heterocycles. The first-order valence-corrected chi connectivity index (χ1v) is 8.61. The Balaban J connectivity index is 1.83. The molecule has 1 aliphatic heterocycles. The number of aromatic amines is 1. The molecule has 1 atom stereocenters. The van der Waals surface area contributed by atoms with Crippen molar-refractivity contribution in [1.29, 1.82) is 0 Å². The number of carbonyl (C=O) groups excluding carboxylic acids is 2. The van der Waals surface area contributed by atoms with E-state index in [0.717, 1.165) is 42.6 Å². The van der Waals surface area contributed by atoms with E-state index in [1.165, 1.54) is 6.20 Å². The minimum Gasteiger partial charge on any atom is -0.327 e. The van der Waals surface area contributed by atoms with E-state index in [4.69, 9.17) is 0 Å². The van der Waals surface area contributed by atoms with Gasteiger partial charge in [0.15, 0.2) is 0 Å². The number of amides is 2. The first-order valence-electron chi connectivity index (χ1n) is 8.61. The van der Waals surface area contributed by atoms with Crippen molar-refractivity contribution in [3.05, 3.63) is 41.5 Å². The standard InChI is InChI=1S/C18H23N5O2/c1-12-16(13(2)22-21-12)15-8-4-3-5-10-23(15)18(25)17(24)20-14-7-6-9-19-11-14/h6-7,9,11,15H,3-5,8,10H2,1-2H3,(H,20,24)(H,21,22)/t15-/m0/s1. The van der Waals surface area contributed by atoms with Crippen LogP contribution in [0.5, 0.6) is 0 Å². The van der Waals surface area contributed by atoms with E-state index < -0.39 is 11.8 Å². The normalized spacial score (nSPS) is 17.8.